The van der Waals surface area contributed by atoms with Crippen molar-refractivity contribution in [3.63, 3.8) is 0 Å². The normalized spacial score (nSPS) is 11.2. The van der Waals surface area contributed by atoms with Gasteiger partial charge in [0.1, 0.15) is 0 Å². The number of hydrogen-bond acceptors (Lipinski definition) is 2. The van der Waals surface area contributed by atoms with E-state index in [1.54, 1.807) is 6.08 Å². The van der Waals surface area contributed by atoms with E-state index in [4.69, 9.17) is 11.6 Å². The minimum absolute atomic E-state index is 0.404. The van der Waals surface area contributed by atoms with Gasteiger partial charge < -0.3 is 4.90 Å². The lowest BCUT2D eigenvalue weighted by Gasteiger charge is -2.04. The van der Waals surface area contributed by atoms with E-state index >= 15 is 0 Å². The predicted molar refractivity (Wildman–Crippen MR) is 43.2 cm³/mol. The molecule has 0 heterocycles. The van der Waals surface area contributed by atoms with Gasteiger partial charge in [-0.3, -0.25) is 4.79 Å². The number of halogens is 1. The number of carbonyl (C=O) groups excluding carboxylic acids is 1. The second kappa shape index (κ2) is 5.45. The van der Waals surface area contributed by atoms with E-state index < -0.39 is 5.24 Å². The van der Waals surface area contributed by atoms with Crippen molar-refractivity contribution >= 4 is 16.8 Å². The Balaban J connectivity index is 3.27. The summed E-state index contributed by atoms with van der Waals surface area (Å²) in [7, 11) is 3.96. The van der Waals surface area contributed by atoms with Crippen LogP contribution in [0.2, 0.25) is 0 Å². The first-order valence-electron chi connectivity index (χ1n) is 3.13. The maximum absolute atomic E-state index is 10.2. The highest BCUT2D eigenvalue weighted by Crippen LogP contribution is 1.88. The van der Waals surface area contributed by atoms with E-state index in [-0.39, 0.29) is 0 Å². The molecule has 0 aromatic carbocycles. The Morgan fingerprint density at radius 1 is 1.60 bits per heavy atom. The molecule has 2 nitrogen and oxygen atoms in total. The van der Waals surface area contributed by atoms with Gasteiger partial charge in [-0.25, -0.2) is 0 Å². The van der Waals surface area contributed by atoms with E-state index in [0.29, 0.717) is 0 Å². The minimum Gasteiger partial charge on any atom is -0.309 e. The van der Waals surface area contributed by atoms with E-state index in [2.05, 4.69) is 0 Å². The number of nitrogens with zero attached hydrogens (tertiary/aromatic N) is 1. The summed E-state index contributed by atoms with van der Waals surface area (Å²) in [5.41, 5.74) is 0. The number of allylic oxidation sites excluding steroid dienone is 1. The average Bonchev–Trinajstić information content (AvgIpc) is 1.79. The van der Waals surface area contributed by atoms with Crippen LogP contribution in [-0.4, -0.2) is 30.8 Å². The molecule has 0 amide bonds. The summed E-state index contributed by atoms with van der Waals surface area (Å²) in [5, 5.41) is -0.404. The van der Waals surface area contributed by atoms with Crippen molar-refractivity contribution in [1.29, 1.82) is 0 Å². The number of rotatable bonds is 4. The first kappa shape index (κ1) is 9.66. The zero-order valence-corrected chi connectivity index (χ0v) is 7.06. The molecule has 0 spiro atoms. The highest BCUT2D eigenvalue weighted by molar-refractivity contribution is 6.66. The van der Waals surface area contributed by atoms with Crippen molar-refractivity contribution in [3.8, 4) is 0 Å². The summed E-state index contributed by atoms with van der Waals surface area (Å²) in [6.45, 7) is 0.945. The molecule has 0 aromatic heterocycles. The van der Waals surface area contributed by atoms with Crippen molar-refractivity contribution in [2.75, 3.05) is 20.6 Å². The van der Waals surface area contributed by atoms with Gasteiger partial charge in [0.15, 0.2) is 0 Å². The fraction of sp³-hybridized carbons (Fsp3) is 0.571. The average molecular weight is 162 g/mol. The smallest absolute Gasteiger partial charge is 0.244 e. The van der Waals surface area contributed by atoms with Crippen LogP contribution in [0.15, 0.2) is 12.2 Å². The number of hydrogen-bond donors (Lipinski definition) is 0. The highest BCUT2D eigenvalue weighted by Gasteiger charge is 1.86. The molecule has 58 valence electrons. The maximum atomic E-state index is 10.2. The fourth-order valence-electron chi connectivity index (χ4n) is 0.509. The van der Waals surface area contributed by atoms with Gasteiger partial charge in [-0.15, -0.1) is 0 Å². The molecule has 0 saturated heterocycles. The van der Waals surface area contributed by atoms with E-state index in [0.717, 1.165) is 13.0 Å². The lowest BCUT2D eigenvalue weighted by Crippen LogP contribution is -2.11. The van der Waals surface area contributed by atoms with Crippen molar-refractivity contribution in [2.24, 2.45) is 0 Å². The molecule has 0 unspecified atom stereocenters. The quantitative estimate of drug-likeness (QED) is 0.457. The third kappa shape index (κ3) is 7.66. The van der Waals surface area contributed by atoms with Gasteiger partial charge in [0, 0.05) is 6.54 Å². The maximum Gasteiger partial charge on any atom is 0.244 e. The Hall–Kier alpha value is -0.340. The van der Waals surface area contributed by atoms with E-state index in [9.17, 15) is 4.79 Å². The van der Waals surface area contributed by atoms with Crippen molar-refractivity contribution < 1.29 is 4.79 Å². The first-order chi connectivity index (χ1) is 4.63. The topological polar surface area (TPSA) is 20.3 Å². The molecule has 0 atom stereocenters. The summed E-state index contributed by atoms with van der Waals surface area (Å²) >= 11 is 5.05. The Kier molecular flexibility index (Phi) is 5.26. The van der Waals surface area contributed by atoms with Crippen molar-refractivity contribution in [1.82, 2.24) is 4.90 Å². The van der Waals surface area contributed by atoms with E-state index in [1.165, 1.54) is 6.08 Å². The Morgan fingerprint density at radius 2 is 2.20 bits per heavy atom. The van der Waals surface area contributed by atoms with Gasteiger partial charge in [0.25, 0.3) is 0 Å². The summed E-state index contributed by atoms with van der Waals surface area (Å²) < 4.78 is 0. The second-order valence-electron chi connectivity index (χ2n) is 2.30. The second-order valence-corrected chi connectivity index (χ2v) is 2.67. The third-order valence-corrected chi connectivity index (χ3v) is 1.12. The Labute approximate surface area is 66.5 Å². The van der Waals surface area contributed by atoms with Crippen LogP contribution in [0.25, 0.3) is 0 Å². The molecular weight excluding hydrogens is 150 g/mol. The molecule has 0 rings (SSSR count). The van der Waals surface area contributed by atoms with Gasteiger partial charge in [-0.2, -0.15) is 0 Å². The minimum atomic E-state index is -0.404. The molecule has 3 heteroatoms. The molecule has 0 fully saturated rings. The lowest BCUT2D eigenvalue weighted by atomic mass is 10.4. The van der Waals surface area contributed by atoms with Gasteiger partial charge in [-0.1, -0.05) is 6.08 Å². The van der Waals surface area contributed by atoms with Gasteiger partial charge in [-0.05, 0) is 38.2 Å². The van der Waals surface area contributed by atoms with Crippen LogP contribution in [0, 0.1) is 0 Å². The van der Waals surface area contributed by atoms with Gasteiger partial charge in [0.2, 0.25) is 5.24 Å². The monoisotopic (exact) mass is 161 g/mol. The zero-order chi connectivity index (χ0) is 7.98. The fourth-order valence-corrected chi connectivity index (χ4v) is 0.598. The third-order valence-electron chi connectivity index (χ3n) is 0.992. The largest absolute Gasteiger partial charge is 0.309 e. The summed E-state index contributed by atoms with van der Waals surface area (Å²) in [6, 6.07) is 0. The molecule has 0 radical (unpaired) electrons. The van der Waals surface area contributed by atoms with Crippen LogP contribution in [-0.2, 0) is 4.79 Å². The summed E-state index contributed by atoms with van der Waals surface area (Å²) in [4.78, 5) is 12.2. The van der Waals surface area contributed by atoms with Gasteiger partial charge >= 0.3 is 0 Å². The number of carbonyl (C=O) groups is 1. The highest BCUT2D eigenvalue weighted by atomic mass is 35.5. The van der Waals surface area contributed by atoms with Crippen LogP contribution in [0.1, 0.15) is 6.42 Å². The van der Waals surface area contributed by atoms with Crippen LogP contribution in [0.4, 0.5) is 0 Å². The lowest BCUT2D eigenvalue weighted by molar-refractivity contribution is -0.107. The standard InChI is InChI=1S/C7H12ClNO/c1-9(2)6-4-3-5-7(8)10/h3,5H,4,6H2,1-2H3. The molecule has 0 aromatic rings. The van der Waals surface area contributed by atoms with Crippen LogP contribution in [0.3, 0.4) is 0 Å². The summed E-state index contributed by atoms with van der Waals surface area (Å²) in [5.74, 6) is 0. The van der Waals surface area contributed by atoms with E-state index in [1.807, 2.05) is 19.0 Å². The SMILES string of the molecule is CN(C)CCC=CC(=O)Cl. The molecule has 0 N–H and O–H groups in total. The Morgan fingerprint density at radius 3 is 2.60 bits per heavy atom. The Bertz CT molecular complexity index is 132. The molecule has 0 aliphatic rings. The van der Waals surface area contributed by atoms with Crippen LogP contribution >= 0.6 is 11.6 Å². The molecular formula is C7H12ClNO. The summed E-state index contributed by atoms with van der Waals surface area (Å²) in [6.07, 6.45) is 4.02. The van der Waals surface area contributed by atoms with Crippen molar-refractivity contribution in [3.05, 3.63) is 12.2 Å². The molecule has 0 bridgehead atoms. The molecule has 0 aliphatic heterocycles. The zero-order valence-electron chi connectivity index (χ0n) is 6.30. The molecule has 0 saturated carbocycles. The first-order valence-corrected chi connectivity index (χ1v) is 3.51. The van der Waals surface area contributed by atoms with Gasteiger partial charge in [0.05, 0.1) is 0 Å². The van der Waals surface area contributed by atoms with Crippen LogP contribution < -0.4 is 0 Å². The molecule has 10 heavy (non-hydrogen) atoms. The van der Waals surface area contributed by atoms with Crippen LogP contribution in [0.5, 0.6) is 0 Å². The van der Waals surface area contributed by atoms with Crippen molar-refractivity contribution in [2.45, 2.75) is 6.42 Å². The predicted octanol–water partition coefficient (Wildman–Crippen LogP) is 1.26. The molecule has 0 aliphatic carbocycles.